The van der Waals surface area contributed by atoms with E-state index in [1.165, 1.54) is 0 Å². The molecule has 0 aliphatic heterocycles. The average molecular weight is 757 g/mol. The van der Waals surface area contributed by atoms with E-state index in [2.05, 4.69) is 0 Å². The van der Waals surface area contributed by atoms with Gasteiger partial charge in [0, 0.05) is 25.7 Å². The highest BCUT2D eigenvalue weighted by Crippen LogP contribution is 2.50. The maximum Gasteiger partial charge on any atom is 0.238 e. The van der Waals surface area contributed by atoms with E-state index in [4.69, 9.17) is 5.73 Å². The van der Waals surface area contributed by atoms with Crippen LogP contribution in [0.1, 0.15) is 46.2 Å². The van der Waals surface area contributed by atoms with Crippen molar-refractivity contribution in [3.63, 3.8) is 0 Å². The fraction of sp³-hybridized carbons (Fsp3) is 0.255. The fourth-order valence-corrected chi connectivity index (χ4v) is 8.60. The van der Waals surface area contributed by atoms with E-state index in [1.807, 2.05) is 182 Å². The quantitative estimate of drug-likeness (QED) is 0.0782. The van der Waals surface area contributed by atoms with Crippen molar-refractivity contribution >= 4 is 11.8 Å². The SMILES string of the molecule is NC(=O)C1(C(=O)N(C(Cc2ccccc2)C(O)(Cc2ccccc2)Cc2ccccc2)C(Cc2ccccc2)C(O)(Cc2ccccc2)Cc2ccccc2)CC1. The Labute approximate surface area is 336 Å². The van der Waals surface area contributed by atoms with Crippen LogP contribution >= 0.6 is 0 Å². The highest BCUT2D eigenvalue weighted by molar-refractivity contribution is 6.07. The van der Waals surface area contributed by atoms with E-state index >= 15 is 4.79 Å². The van der Waals surface area contributed by atoms with Gasteiger partial charge in [0.05, 0.1) is 23.3 Å². The first kappa shape index (κ1) is 39.4. The molecule has 0 saturated heterocycles. The number of hydrogen-bond donors (Lipinski definition) is 3. The van der Waals surface area contributed by atoms with Gasteiger partial charge in [-0.15, -0.1) is 0 Å². The number of nitrogens with two attached hydrogens (primary N) is 1. The van der Waals surface area contributed by atoms with Crippen LogP contribution in [0.25, 0.3) is 0 Å². The van der Waals surface area contributed by atoms with E-state index in [0.717, 1.165) is 33.4 Å². The molecule has 0 heterocycles. The van der Waals surface area contributed by atoms with E-state index in [-0.39, 0.29) is 38.5 Å². The summed E-state index contributed by atoms with van der Waals surface area (Å²) in [5.41, 5.74) is 6.99. The summed E-state index contributed by atoms with van der Waals surface area (Å²) in [5.74, 6) is -1.13. The van der Waals surface area contributed by atoms with Crippen molar-refractivity contribution in [2.75, 3.05) is 0 Å². The molecule has 57 heavy (non-hydrogen) atoms. The lowest BCUT2D eigenvalue weighted by molar-refractivity contribution is -0.165. The molecular weight excluding hydrogens is 705 g/mol. The minimum absolute atomic E-state index is 0.210. The molecule has 0 aromatic heterocycles. The second-order valence-electron chi connectivity index (χ2n) is 15.9. The molecule has 2 unspecified atom stereocenters. The lowest BCUT2D eigenvalue weighted by Crippen LogP contribution is -2.68. The highest BCUT2D eigenvalue weighted by atomic mass is 16.3. The van der Waals surface area contributed by atoms with Crippen molar-refractivity contribution in [2.45, 2.75) is 74.7 Å². The number of amides is 2. The monoisotopic (exact) mass is 756 g/mol. The van der Waals surface area contributed by atoms with Gasteiger partial charge < -0.3 is 20.8 Å². The summed E-state index contributed by atoms with van der Waals surface area (Å²) >= 11 is 0. The number of aliphatic hydroxyl groups is 2. The molecule has 290 valence electrons. The van der Waals surface area contributed by atoms with Crippen LogP contribution in [0.4, 0.5) is 0 Å². The lowest BCUT2D eigenvalue weighted by Gasteiger charge is -2.52. The van der Waals surface area contributed by atoms with E-state index < -0.39 is 40.5 Å². The number of rotatable bonds is 18. The molecular formula is C51H52N2O4. The van der Waals surface area contributed by atoms with Gasteiger partial charge in [0.1, 0.15) is 5.41 Å². The molecule has 1 aliphatic carbocycles. The lowest BCUT2D eigenvalue weighted by atomic mass is 9.73. The van der Waals surface area contributed by atoms with E-state index in [9.17, 15) is 15.0 Å². The molecule has 7 rings (SSSR count). The molecule has 6 heteroatoms. The van der Waals surface area contributed by atoms with Gasteiger partial charge in [0.15, 0.2) is 0 Å². The van der Waals surface area contributed by atoms with Crippen LogP contribution < -0.4 is 5.73 Å². The van der Waals surface area contributed by atoms with Gasteiger partial charge in [-0.3, -0.25) is 9.59 Å². The summed E-state index contributed by atoms with van der Waals surface area (Å²) < 4.78 is 0. The zero-order valence-electron chi connectivity index (χ0n) is 32.4. The predicted octanol–water partition coefficient (Wildman–Crippen LogP) is 7.74. The van der Waals surface area contributed by atoms with Crippen molar-refractivity contribution in [2.24, 2.45) is 11.1 Å². The van der Waals surface area contributed by atoms with Crippen LogP contribution in [-0.2, 0) is 48.1 Å². The minimum Gasteiger partial charge on any atom is -0.387 e. The number of benzene rings is 6. The van der Waals surface area contributed by atoms with Gasteiger partial charge >= 0.3 is 0 Å². The maximum atomic E-state index is 15.8. The number of carbonyl (C=O) groups excluding carboxylic acids is 2. The minimum atomic E-state index is -1.59. The zero-order chi connectivity index (χ0) is 39.7. The summed E-state index contributed by atoms with van der Waals surface area (Å²) in [6.45, 7) is 0. The molecule has 1 fully saturated rings. The van der Waals surface area contributed by atoms with Crippen molar-refractivity contribution in [3.8, 4) is 0 Å². The molecule has 0 spiro atoms. The van der Waals surface area contributed by atoms with Crippen LogP contribution in [0.15, 0.2) is 182 Å². The van der Waals surface area contributed by atoms with Gasteiger partial charge in [-0.05, 0) is 59.1 Å². The smallest absolute Gasteiger partial charge is 0.238 e. The standard InChI is InChI=1S/C51H52N2O4/c52-47(54)49(31-32-49)48(55)53(45(33-39-19-7-1-8-20-39)50(56,35-41-23-11-3-12-24-41)36-42-25-13-4-14-26-42)46(34-40-21-9-2-10-22-40)51(57,37-43-27-15-5-16-28-43)38-44-29-17-6-18-30-44/h1-30,45-46,56-57H,31-38H2,(H2,52,54). The third-order valence-corrected chi connectivity index (χ3v) is 11.7. The largest absolute Gasteiger partial charge is 0.387 e. The molecule has 4 N–H and O–H groups in total. The average Bonchev–Trinajstić information content (AvgIpc) is 4.05. The Hall–Kier alpha value is -5.82. The Bertz CT molecular complexity index is 1960. The third-order valence-electron chi connectivity index (χ3n) is 11.7. The topological polar surface area (TPSA) is 104 Å². The van der Waals surface area contributed by atoms with Crippen LogP contribution in [0.2, 0.25) is 0 Å². The molecule has 6 aromatic carbocycles. The molecule has 2 atom stereocenters. The summed E-state index contributed by atoms with van der Waals surface area (Å²) in [7, 11) is 0. The molecule has 6 aromatic rings. The van der Waals surface area contributed by atoms with Crippen molar-refractivity contribution in [1.82, 2.24) is 4.90 Å². The van der Waals surface area contributed by atoms with Crippen molar-refractivity contribution in [3.05, 3.63) is 215 Å². The van der Waals surface area contributed by atoms with Gasteiger partial charge in [-0.25, -0.2) is 0 Å². The van der Waals surface area contributed by atoms with Crippen molar-refractivity contribution in [1.29, 1.82) is 0 Å². The van der Waals surface area contributed by atoms with Gasteiger partial charge in [-0.2, -0.15) is 0 Å². The summed E-state index contributed by atoms with van der Waals surface area (Å²) in [5, 5.41) is 27.5. The molecule has 0 radical (unpaired) electrons. The highest BCUT2D eigenvalue weighted by Gasteiger charge is 2.61. The number of carbonyl (C=O) groups is 2. The fourth-order valence-electron chi connectivity index (χ4n) is 8.60. The summed E-state index contributed by atoms with van der Waals surface area (Å²) in [6.07, 6.45) is 1.97. The third kappa shape index (κ3) is 9.42. The Morgan fingerprint density at radius 3 is 0.947 bits per heavy atom. The van der Waals surface area contributed by atoms with Gasteiger partial charge in [0.25, 0.3) is 0 Å². The maximum absolute atomic E-state index is 15.8. The Morgan fingerprint density at radius 2 is 0.719 bits per heavy atom. The van der Waals surface area contributed by atoms with Gasteiger partial charge in [-0.1, -0.05) is 182 Å². The van der Waals surface area contributed by atoms with Crippen LogP contribution in [-0.4, -0.2) is 50.2 Å². The molecule has 2 amide bonds. The molecule has 1 aliphatic rings. The molecule has 6 nitrogen and oxygen atoms in total. The summed E-state index contributed by atoms with van der Waals surface area (Å²) in [4.78, 5) is 31.1. The first-order chi connectivity index (χ1) is 27.7. The van der Waals surface area contributed by atoms with Crippen molar-refractivity contribution < 1.29 is 19.8 Å². The first-order valence-corrected chi connectivity index (χ1v) is 20.0. The van der Waals surface area contributed by atoms with Gasteiger partial charge in [0.2, 0.25) is 11.8 Å². The second kappa shape index (κ2) is 17.5. The number of nitrogens with zero attached hydrogens (tertiary/aromatic N) is 1. The Kier molecular flexibility index (Phi) is 12.1. The number of primary amides is 1. The predicted molar refractivity (Wildman–Crippen MR) is 226 cm³/mol. The first-order valence-electron chi connectivity index (χ1n) is 20.0. The van der Waals surface area contributed by atoms with Crippen LogP contribution in [0.5, 0.6) is 0 Å². The molecule has 0 bridgehead atoms. The summed E-state index contributed by atoms with van der Waals surface area (Å²) in [6, 6.07) is 57.3. The van der Waals surface area contributed by atoms with Crippen LogP contribution in [0, 0.1) is 5.41 Å². The Balaban J connectivity index is 1.50. The zero-order valence-corrected chi connectivity index (χ0v) is 32.4. The van der Waals surface area contributed by atoms with E-state index in [0.29, 0.717) is 12.8 Å². The van der Waals surface area contributed by atoms with E-state index in [1.54, 1.807) is 4.90 Å². The normalized spacial score (nSPS) is 14.6. The number of hydrogen-bond acceptors (Lipinski definition) is 4. The van der Waals surface area contributed by atoms with Crippen LogP contribution in [0.3, 0.4) is 0 Å². The Morgan fingerprint density at radius 1 is 0.474 bits per heavy atom. The second-order valence-corrected chi connectivity index (χ2v) is 15.9. The molecule has 1 saturated carbocycles.